The summed E-state index contributed by atoms with van der Waals surface area (Å²) in [4.78, 5) is 29.4. The molecule has 0 radical (unpaired) electrons. The molecule has 1 heterocycles. The molecule has 1 amide bonds. The van der Waals surface area contributed by atoms with Crippen molar-refractivity contribution in [2.24, 2.45) is 7.05 Å². The molecule has 152 valence electrons. The minimum atomic E-state index is -0.0500. The molecule has 6 nitrogen and oxygen atoms in total. The first-order valence-electron chi connectivity index (χ1n) is 9.46. The number of rotatable bonds is 10. The van der Waals surface area contributed by atoms with Crippen LogP contribution in [0, 0.1) is 0 Å². The quantitative estimate of drug-likeness (QED) is 0.375. The minimum Gasteiger partial charge on any atom is -0.378 e. The van der Waals surface area contributed by atoms with Crippen LogP contribution in [0.1, 0.15) is 43.5 Å². The topological polar surface area (TPSA) is 73.2 Å². The van der Waals surface area contributed by atoms with Gasteiger partial charge in [-0.25, -0.2) is 4.98 Å². The average molecular weight is 404 g/mol. The van der Waals surface area contributed by atoms with E-state index in [0.29, 0.717) is 35.9 Å². The van der Waals surface area contributed by atoms with Gasteiger partial charge in [0.15, 0.2) is 5.16 Å². The normalized spacial score (nSPS) is 11.0. The number of carbonyl (C=O) groups is 1. The molecule has 0 aliphatic rings. The third-order valence-electron chi connectivity index (χ3n) is 4.16. The summed E-state index contributed by atoms with van der Waals surface area (Å²) in [6.45, 7) is 4.18. The van der Waals surface area contributed by atoms with Gasteiger partial charge in [0.25, 0.3) is 5.56 Å². The van der Waals surface area contributed by atoms with E-state index in [2.05, 4.69) is 10.3 Å². The second kappa shape index (κ2) is 11.0. The van der Waals surface area contributed by atoms with Crippen molar-refractivity contribution >= 4 is 17.7 Å². The molecule has 28 heavy (non-hydrogen) atoms. The van der Waals surface area contributed by atoms with E-state index in [4.69, 9.17) is 4.74 Å². The Morgan fingerprint density at radius 1 is 1.29 bits per heavy atom. The van der Waals surface area contributed by atoms with Crippen LogP contribution in [0.2, 0.25) is 0 Å². The second-order valence-corrected chi connectivity index (χ2v) is 8.02. The van der Waals surface area contributed by atoms with E-state index in [1.54, 1.807) is 18.7 Å². The van der Waals surface area contributed by atoms with Crippen molar-refractivity contribution in [1.82, 2.24) is 14.9 Å². The highest BCUT2D eigenvalue weighted by molar-refractivity contribution is 7.99. The Balaban J connectivity index is 2.11. The van der Waals surface area contributed by atoms with Gasteiger partial charge in [0, 0.05) is 44.4 Å². The predicted molar refractivity (Wildman–Crippen MR) is 113 cm³/mol. The minimum absolute atomic E-state index is 0.0500. The van der Waals surface area contributed by atoms with E-state index in [1.165, 1.54) is 11.8 Å². The molecule has 0 fully saturated rings. The van der Waals surface area contributed by atoms with E-state index in [0.717, 1.165) is 17.7 Å². The summed E-state index contributed by atoms with van der Waals surface area (Å²) in [5.41, 5.74) is 2.35. The molecular formula is C21H29N3O3S. The van der Waals surface area contributed by atoms with E-state index < -0.39 is 0 Å². The molecule has 0 aliphatic carbocycles. The highest BCUT2D eigenvalue weighted by atomic mass is 32.2. The first kappa shape index (κ1) is 22.2. The summed E-state index contributed by atoms with van der Waals surface area (Å²) in [6.07, 6.45) is 1.72. The third kappa shape index (κ3) is 6.49. The number of hydrogen-bond acceptors (Lipinski definition) is 5. The van der Waals surface area contributed by atoms with Crippen molar-refractivity contribution in [3.63, 3.8) is 0 Å². The summed E-state index contributed by atoms with van der Waals surface area (Å²) in [5.74, 6) is 0.770. The number of benzene rings is 1. The molecule has 0 atom stereocenters. The number of methoxy groups -OCH3 is 1. The lowest BCUT2D eigenvalue weighted by molar-refractivity contribution is -0.121. The van der Waals surface area contributed by atoms with Crippen molar-refractivity contribution < 1.29 is 9.53 Å². The van der Waals surface area contributed by atoms with Crippen molar-refractivity contribution in [3.05, 3.63) is 57.5 Å². The Labute approximate surface area is 170 Å². The largest absolute Gasteiger partial charge is 0.378 e. The standard InChI is InChI=1S/C21H29N3O3S/c1-15(2)22-19(25)11-8-12-28-21-23-18(14-27-4)17(20(26)24(21)3)13-16-9-6-5-7-10-16/h5-7,9-10,15H,8,11-14H2,1-4H3,(H,22,25). The SMILES string of the molecule is COCc1nc(SCCCC(=O)NC(C)C)n(C)c(=O)c1Cc1ccccc1. The summed E-state index contributed by atoms with van der Waals surface area (Å²) in [6, 6.07) is 10.0. The van der Waals surface area contributed by atoms with Crippen LogP contribution in [-0.4, -0.2) is 34.4 Å². The maximum absolute atomic E-state index is 12.9. The van der Waals surface area contributed by atoms with Crippen LogP contribution in [0.15, 0.2) is 40.3 Å². The van der Waals surface area contributed by atoms with E-state index in [9.17, 15) is 9.59 Å². The lowest BCUT2D eigenvalue weighted by Crippen LogP contribution is -2.29. The van der Waals surface area contributed by atoms with E-state index in [-0.39, 0.29) is 17.5 Å². The molecule has 7 heteroatoms. The Morgan fingerprint density at radius 2 is 2.00 bits per heavy atom. The fourth-order valence-electron chi connectivity index (χ4n) is 2.82. The van der Waals surface area contributed by atoms with Gasteiger partial charge < -0.3 is 10.1 Å². The van der Waals surface area contributed by atoms with E-state index in [1.807, 2.05) is 44.2 Å². The molecule has 2 rings (SSSR count). The summed E-state index contributed by atoms with van der Waals surface area (Å²) < 4.78 is 6.87. The number of hydrogen-bond donors (Lipinski definition) is 1. The van der Waals surface area contributed by atoms with Crippen LogP contribution >= 0.6 is 11.8 Å². The molecule has 0 unspecified atom stereocenters. The zero-order chi connectivity index (χ0) is 20.5. The number of thioether (sulfide) groups is 1. The van der Waals surface area contributed by atoms with Crippen LogP contribution in [0.25, 0.3) is 0 Å². The molecular weight excluding hydrogens is 374 g/mol. The van der Waals surface area contributed by atoms with Crippen molar-refractivity contribution in [3.8, 4) is 0 Å². The summed E-state index contributed by atoms with van der Waals surface area (Å²) in [7, 11) is 3.35. The van der Waals surface area contributed by atoms with Gasteiger partial charge in [-0.2, -0.15) is 0 Å². The van der Waals surface area contributed by atoms with Crippen molar-refractivity contribution in [2.45, 2.75) is 50.9 Å². The van der Waals surface area contributed by atoms with Crippen LogP contribution in [0.4, 0.5) is 0 Å². The van der Waals surface area contributed by atoms with Gasteiger partial charge in [-0.15, -0.1) is 0 Å². The number of nitrogens with zero attached hydrogens (tertiary/aromatic N) is 2. The maximum atomic E-state index is 12.9. The third-order valence-corrected chi connectivity index (χ3v) is 5.28. The van der Waals surface area contributed by atoms with Gasteiger partial charge in [0.05, 0.1) is 12.3 Å². The average Bonchev–Trinajstić information content (AvgIpc) is 2.66. The van der Waals surface area contributed by atoms with Gasteiger partial charge in [-0.1, -0.05) is 42.1 Å². The zero-order valence-corrected chi connectivity index (χ0v) is 17.8. The van der Waals surface area contributed by atoms with Crippen LogP contribution in [0.3, 0.4) is 0 Å². The van der Waals surface area contributed by atoms with Gasteiger partial charge in [0.2, 0.25) is 5.91 Å². The van der Waals surface area contributed by atoms with Crippen LogP contribution in [-0.2, 0) is 29.6 Å². The molecule has 1 aromatic carbocycles. The van der Waals surface area contributed by atoms with Crippen molar-refractivity contribution in [1.29, 1.82) is 0 Å². The Bertz CT molecular complexity index is 835. The smallest absolute Gasteiger partial charge is 0.257 e. The number of aromatic nitrogens is 2. The number of nitrogens with one attached hydrogen (secondary N) is 1. The van der Waals surface area contributed by atoms with Gasteiger partial charge in [0.1, 0.15) is 0 Å². The number of amides is 1. The van der Waals surface area contributed by atoms with Gasteiger partial charge >= 0.3 is 0 Å². The molecule has 0 spiro atoms. The fourth-order valence-corrected chi connectivity index (χ4v) is 3.75. The zero-order valence-electron chi connectivity index (χ0n) is 17.0. The van der Waals surface area contributed by atoms with Gasteiger partial charge in [-0.3, -0.25) is 14.2 Å². The molecule has 0 bridgehead atoms. The highest BCUT2D eigenvalue weighted by Crippen LogP contribution is 2.19. The fraction of sp³-hybridized carbons (Fsp3) is 0.476. The lowest BCUT2D eigenvalue weighted by Gasteiger charge is -2.14. The molecule has 0 saturated heterocycles. The Hall–Kier alpha value is -2.12. The molecule has 0 saturated carbocycles. The summed E-state index contributed by atoms with van der Waals surface area (Å²) in [5, 5.41) is 3.53. The molecule has 0 aliphatic heterocycles. The Morgan fingerprint density at radius 3 is 2.64 bits per heavy atom. The van der Waals surface area contributed by atoms with E-state index >= 15 is 0 Å². The van der Waals surface area contributed by atoms with Gasteiger partial charge in [-0.05, 0) is 25.8 Å². The number of ether oxygens (including phenoxy) is 1. The summed E-state index contributed by atoms with van der Waals surface area (Å²) >= 11 is 1.49. The first-order chi connectivity index (χ1) is 13.4. The van der Waals surface area contributed by atoms with Crippen LogP contribution < -0.4 is 10.9 Å². The maximum Gasteiger partial charge on any atom is 0.257 e. The highest BCUT2D eigenvalue weighted by Gasteiger charge is 2.16. The van der Waals surface area contributed by atoms with Crippen molar-refractivity contribution in [2.75, 3.05) is 12.9 Å². The number of carbonyl (C=O) groups excluding carboxylic acids is 1. The monoisotopic (exact) mass is 403 g/mol. The van der Waals surface area contributed by atoms with Crippen LogP contribution in [0.5, 0.6) is 0 Å². The molecule has 1 N–H and O–H groups in total. The Kier molecular flexibility index (Phi) is 8.73. The molecule has 1 aromatic heterocycles. The first-order valence-corrected chi connectivity index (χ1v) is 10.4. The molecule has 2 aromatic rings. The second-order valence-electron chi connectivity index (χ2n) is 6.95. The predicted octanol–water partition coefficient (Wildman–Crippen LogP) is 2.91. The lowest BCUT2D eigenvalue weighted by atomic mass is 10.0.